The molecule has 3 unspecified atom stereocenters. The molecule has 0 bridgehead atoms. The molecule has 76 valence electrons. The molecule has 0 aromatic carbocycles. The first-order valence-corrected chi connectivity index (χ1v) is 6.60. The van der Waals surface area contributed by atoms with E-state index in [2.05, 4.69) is 19.2 Å². The Morgan fingerprint density at radius 3 is 2.77 bits per heavy atom. The Kier molecular flexibility index (Phi) is 2.49. The highest BCUT2D eigenvalue weighted by Gasteiger charge is 2.45. The van der Waals surface area contributed by atoms with Gasteiger partial charge in [0.05, 0.1) is 0 Å². The molecular formula is C10H19NOS. The fourth-order valence-electron chi connectivity index (χ4n) is 1.97. The molecule has 0 radical (unpaired) electrons. The van der Waals surface area contributed by atoms with Crippen LogP contribution in [0.1, 0.15) is 33.1 Å². The van der Waals surface area contributed by atoms with Crippen molar-refractivity contribution < 1.29 is 4.21 Å². The van der Waals surface area contributed by atoms with Gasteiger partial charge in [-0.05, 0) is 31.2 Å². The van der Waals surface area contributed by atoms with E-state index in [1.165, 1.54) is 12.8 Å². The summed E-state index contributed by atoms with van der Waals surface area (Å²) < 4.78 is 11.8. The van der Waals surface area contributed by atoms with Gasteiger partial charge in [-0.2, -0.15) is 0 Å². The molecule has 3 atom stereocenters. The Balaban J connectivity index is 2.02. The molecule has 0 amide bonds. The zero-order valence-corrected chi connectivity index (χ0v) is 9.32. The van der Waals surface area contributed by atoms with Gasteiger partial charge < -0.3 is 5.32 Å². The lowest BCUT2D eigenvalue weighted by atomic mass is 10.0. The maximum absolute atomic E-state index is 11.8. The highest BCUT2D eigenvalue weighted by molar-refractivity contribution is 7.85. The van der Waals surface area contributed by atoms with E-state index in [0.29, 0.717) is 16.7 Å². The molecule has 0 aromatic heterocycles. The normalized spacial score (nSPS) is 44.0. The van der Waals surface area contributed by atoms with Gasteiger partial charge in [0.25, 0.3) is 0 Å². The number of hydrogen-bond donors (Lipinski definition) is 1. The van der Waals surface area contributed by atoms with E-state index in [4.69, 9.17) is 0 Å². The average molecular weight is 201 g/mol. The van der Waals surface area contributed by atoms with Gasteiger partial charge in [0, 0.05) is 27.8 Å². The van der Waals surface area contributed by atoms with Gasteiger partial charge in [-0.3, -0.25) is 4.21 Å². The second-order valence-corrected chi connectivity index (χ2v) is 6.71. The Labute approximate surface area is 82.9 Å². The van der Waals surface area contributed by atoms with Crippen molar-refractivity contribution >= 4 is 10.8 Å². The van der Waals surface area contributed by atoms with Crippen LogP contribution in [-0.2, 0) is 10.8 Å². The van der Waals surface area contributed by atoms with Crippen molar-refractivity contribution in [2.75, 3.05) is 12.3 Å². The summed E-state index contributed by atoms with van der Waals surface area (Å²) in [5.41, 5.74) is 0.472. The number of hydrogen-bond acceptors (Lipinski definition) is 2. The van der Waals surface area contributed by atoms with E-state index in [1.807, 2.05) is 0 Å². The highest BCUT2D eigenvalue weighted by atomic mass is 32.2. The second kappa shape index (κ2) is 3.35. The van der Waals surface area contributed by atoms with Gasteiger partial charge in [0.1, 0.15) is 0 Å². The zero-order valence-electron chi connectivity index (χ0n) is 8.51. The van der Waals surface area contributed by atoms with Crippen LogP contribution < -0.4 is 5.32 Å². The lowest BCUT2D eigenvalue weighted by Gasteiger charge is -2.22. The van der Waals surface area contributed by atoms with E-state index in [0.717, 1.165) is 18.7 Å². The van der Waals surface area contributed by atoms with Crippen LogP contribution >= 0.6 is 0 Å². The SMILES string of the molecule is CC1CCNC(C2(C)CC2)CS1=O. The summed E-state index contributed by atoms with van der Waals surface area (Å²) in [5.74, 6) is 0.873. The number of nitrogens with one attached hydrogen (secondary N) is 1. The molecule has 1 aliphatic heterocycles. The minimum Gasteiger partial charge on any atom is -0.312 e. The van der Waals surface area contributed by atoms with E-state index in [1.54, 1.807) is 0 Å². The molecular weight excluding hydrogens is 182 g/mol. The fourth-order valence-corrected chi connectivity index (χ4v) is 3.53. The van der Waals surface area contributed by atoms with Crippen molar-refractivity contribution in [1.29, 1.82) is 0 Å². The molecule has 0 spiro atoms. The molecule has 2 nitrogen and oxygen atoms in total. The summed E-state index contributed by atoms with van der Waals surface area (Å²) in [6, 6.07) is 0.512. The zero-order chi connectivity index (χ0) is 9.47. The van der Waals surface area contributed by atoms with Crippen LogP contribution in [0.5, 0.6) is 0 Å². The third-order valence-electron chi connectivity index (χ3n) is 3.60. The average Bonchev–Trinajstić information content (AvgIpc) is 2.83. The molecule has 3 heteroatoms. The fraction of sp³-hybridized carbons (Fsp3) is 1.00. The van der Waals surface area contributed by atoms with Crippen molar-refractivity contribution in [2.24, 2.45) is 5.41 Å². The maximum Gasteiger partial charge on any atom is 0.0396 e. The molecule has 2 fully saturated rings. The van der Waals surface area contributed by atoms with Crippen molar-refractivity contribution in [3.05, 3.63) is 0 Å². The molecule has 13 heavy (non-hydrogen) atoms. The van der Waals surface area contributed by atoms with Crippen molar-refractivity contribution in [1.82, 2.24) is 5.32 Å². The van der Waals surface area contributed by atoms with Crippen LogP contribution in [0.4, 0.5) is 0 Å². The summed E-state index contributed by atoms with van der Waals surface area (Å²) in [6.07, 6.45) is 3.70. The third-order valence-corrected chi connectivity index (χ3v) is 5.40. The van der Waals surface area contributed by atoms with Crippen molar-refractivity contribution in [3.8, 4) is 0 Å². The monoisotopic (exact) mass is 201 g/mol. The Morgan fingerprint density at radius 2 is 2.15 bits per heavy atom. The van der Waals surface area contributed by atoms with Gasteiger partial charge in [-0.1, -0.05) is 13.8 Å². The van der Waals surface area contributed by atoms with E-state index < -0.39 is 10.8 Å². The first-order valence-electron chi connectivity index (χ1n) is 5.22. The summed E-state index contributed by atoms with van der Waals surface area (Å²) >= 11 is 0. The predicted molar refractivity (Wildman–Crippen MR) is 56.2 cm³/mol. The first-order chi connectivity index (χ1) is 6.12. The van der Waals surface area contributed by atoms with E-state index in [9.17, 15) is 4.21 Å². The van der Waals surface area contributed by atoms with Crippen molar-refractivity contribution in [3.63, 3.8) is 0 Å². The lowest BCUT2D eigenvalue weighted by Crippen LogP contribution is -2.39. The van der Waals surface area contributed by atoms with Crippen LogP contribution in [0, 0.1) is 5.41 Å². The molecule has 0 aromatic rings. The largest absolute Gasteiger partial charge is 0.312 e. The summed E-state index contributed by atoms with van der Waals surface area (Å²) in [6.45, 7) is 5.47. The third kappa shape index (κ3) is 1.96. The topological polar surface area (TPSA) is 29.1 Å². The Hall–Kier alpha value is 0.110. The van der Waals surface area contributed by atoms with E-state index in [-0.39, 0.29) is 0 Å². The van der Waals surface area contributed by atoms with E-state index >= 15 is 0 Å². The quantitative estimate of drug-likeness (QED) is 0.692. The highest BCUT2D eigenvalue weighted by Crippen LogP contribution is 2.48. The van der Waals surface area contributed by atoms with Crippen LogP contribution in [0.25, 0.3) is 0 Å². The molecule has 1 N–H and O–H groups in total. The maximum atomic E-state index is 11.8. The molecule has 2 aliphatic rings. The van der Waals surface area contributed by atoms with Crippen LogP contribution in [0.2, 0.25) is 0 Å². The smallest absolute Gasteiger partial charge is 0.0396 e. The predicted octanol–water partition coefficient (Wildman–Crippen LogP) is 1.29. The van der Waals surface area contributed by atoms with Crippen LogP contribution in [-0.4, -0.2) is 27.8 Å². The van der Waals surface area contributed by atoms with Gasteiger partial charge in [-0.15, -0.1) is 0 Å². The summed E-state index contributed by atoms with van der Waals surface area (Å²) in [5, 5.41) is 3.94. The molecule has 1 heterocycles. The standard InChI is InChI=1S/C10H19NOS/c1-8-3-6-11-9(7-13(8)12)10(2)4-5-10/h8-9,11H,3-7H2,1-2H3. The van der Waals surface area contributed by atoms with Crippen LogP contribution in [0.15, 0.2) is 0 Å². The second-order valence-electron chi connectivity index (χ2n) is 4.81. The number of rotatable bonds is 1. The summed E-state index contributed by atoms with van der Waals surface area (Å²) in [7, 11) is -0.601. The lowest BCUT2D eigenvalue weighted by molar-refractivity contribution is 0.390. The first kappa shape index (κ1) is 9.66. The van der Waals surface area contributed by atoms with Crippen LogP contribution in [0.3, 0.4) is 0 Å². The molecule has 1 aliphatic carbocycles. The molecule has 1 saturated heterocycles. The molecule has 1 saturated carbocycles. The van der Waals surface area contributed by atoms with Gasteiger partial charge in [0.2, 0.25) is 0 Å². The minimum absolute atomic E-state index is 0.389. The van der Waals surface area contributed by atoms with Gasteiger partial charge >= 0.3 is 0 Å². The van der Waals surface area contributed by atoms with Crippen molar-refractivity contribution in [2.45, 2.75) is 44.4 Å². The Morgan fingerprint density at radius 1 is 1.46 bits per heavy atom. The molecule has 2 rings (SSSR count). The minimum atomic E-state index is -0.601. The Bertz CT molecular complexity index is 225. The van der Waals surface area contributed by atoms with Gasteiger partial charge in [-0.25, -0.2) is 0 Å². The van der Waals surface area contributed by atoms with Gasteiger partial charge in [0.15, 0.2) is 0 Å². The summed E-state index contributed by atoms with van der Waals surface area (Å²) in [4.78, 5) is 0.